The minimum Gasteiger partial charge on any atom is -0.493 e. The van der Waals surface area contributed by atoms with Crippen LogP contribution in [-0.2, 0) is 31.8 Å². The van der Waals surface area contributed by atoms with E-state index in [2.05, 4.69) is 20.9 Å². The van der Waals surface area contributed by atoms with Crippen molar-refractivity contribution in [3.8, 4) is 11.8 Å². The number of piperidine rings is 2. The van der Waals surface area contributed by atoms with Gasteiger partial charge in [-0.3, -0.25) is 34.3 Å². The highest BCUT2D eigenvalue weighted by Crippen LogP contribution is 2.41. The number of anilines is 4. The van der Waals surface area contributed by atoms with Crippen LogP contribution in [0.25, 0.3) is 0 Å². The normalized spacial score (nSPS) is 19.0. The first-order valence-electron chi connectivity index (χ1n) is 19.4. The van der Waals surface area contributed by atoms with Gasteiger partial charge in [0.2, 0.25) is 17.7 Å². The zero-order valence-electron chi connectivity index (χ0n) is 33.5. The highest BCUT2D eigenvalue weighted by atomic mass is 35.5. The van der Waals surface area contributed by atoms with Crippen molar-refractivity contribution in [3.05, 3.63) is 76.3 Å². The molecule has 0 aliphatic carbocycles. The molecule has 3 fully saturated rings. The topological polar surface area (TPSA) is 147 Å². The summed E-state index contributed by atoms with van der Waals surface area (Å²) in [7, 11) is 0. The fraction of sp³-hybridized carbons (Fsp3) is 0.429. The maximum atomic E-state index is 13.8. The predicted molar refractivity (Wildman–Crippen MR) is 230 cm³/mol. The predicted octanol–water partition coefficient (Wildman–Crippen LogP) is 7.86. The third-order valence-electron chi connectivity index (χ3n) is 11.1. The Morgan fingerprint density at radius 1 is 1.05 bits per heavy atom. The smallest absolute Gasteiger partial charge is 0.417 e. The molecule has 0 aromatic heterocycles. The zero-order chi connectivity index (χ0) is 42.8. The second-order valence-electron chi connectivity index (χ2n) is 15.5. The summed E-state index contributed by atoms with van der Waals surface area (Å²) in [6, 6.07) is 14.2. The Bertz CT molecular complexity index is 2210. The number of alkyl halides is 3. The molecule has 3 aliphatic rings. The van der Waals surface area contributed by atoms with Crippen molar-refractivity contribution in [2.45, 2.75) is 90.0 Å². The van der Waals surface area contributed by atoms with E-state index in [4.69, 9.17) is 28.6 Å². The number of hydrogen-bond acceptors (Lipinski definition) is 9. The summed E-state index contributed by atoms with van der Waals surface area (Å²) < 4.78 is 47.6. The van der Waals surface area contributed by atoms with E-state index in [-0.39, 0.29) is 41.4 Å². The highest BCUT2D eigenvalue weighted by molar-refractivity contribution is 7.81. The Morgan fingerprint density at radius 3 is 2.38 bits per heavy atom. The van der Waals surface area contributed by atoms with Crippen LogP contribution in [0.4, 0.5) is 35.9 Å². The number of nitriles is 1. The number of thiocarbonyl (C=S) groups is 1. The molecule has 3 N–H and O–H groups in total. The van der Waals surface area contributed by atoms with Gasteiger partial charge >= 0.3 is 6.18 Å². The summed E-state index contributed by atoms with van der Waals surface area (Å²) >= 11 is 12.0. The third-order valence-corrected chi connectivity index (χ3v) is 11.7. The summed E-state index contributed by atoms with van der Waals surface area (Å²) in [4.78, 5) is 55.6. The van der Waals surface area contributed by atoms with Crippen LogP contribution in [0.2, 0.25) is 5.02 Å². The van der Waals surface area contributed by atoms with Gasteiger partial charge in [0, 0.05) is 28.5 Å². The number of benzene rings is 3. The van der Waals surface area contributed by atoms with E-state index in [1.807, 2.05) is 26.0 Å². The Morgan fingerprint density at radius 2 is 1.73 bits per heavy atom. The number of halogens is 5. The number of rotatable bonds is 12. The van der Waals surface area contributed by atoms with E-state index in [0.29, 0.717) is 53.2 Å². The van der Waals surface area contributed by atoms with E-state index in [0.717, 1.165) is 54.9 Å². The number of carbonyl (C=O) groups excluding carboxylic acids is 4. The number of aryl methyl sites for hydroxylation is 1. The molecule has 2 unspecified atom stereocenters. The van der Waals surface area contributed by atoms with E-state index in [1.54, 1.807) is 49.1 Å². The number of hydrogen-bond donors (Lipinski definition) is 3. The largest absolute Gasteiger partial charge is 0.493 e. The Balaban J connectivity index is 0.00000683. The van der Waals surface area contributed by atoms with E-state index >= 15 is 0 Å². The molecule has 0 bridgehead atoms. The molecule has 12 nitrogen and oxygen atoms in total. The monoisotopic (exact) mass is 887 g/mol. The Labute approximate surface area is 363 Å². The Kier molecular flexibility index (Phi) is 14.4. The lowest BCUT2D eigenvalue weighted by Gasteiger charge is -2.35. The van der Waals surface area contributed by atoms with Gasteiger partial charge in [0.15, 0.2) is 5.11 Å². The molecular weight excluding hydrogens is 842 g/mol. The molecule has 3 aliphatic heterocycles. The maximum Gasteiger partial charge on any atom is 0.417 e. The third kappa shape index (κ3) is 9.97. The van der Waals surface area contributed by atoms with E-state index < -0.39 is 46.7 Å². The minimum absolute atomic E-state index is 0. The molecule has 18 heteroatoms. The minimum atomic E-state index is -4.80. The van der Waals surface area contributed by atoms with Gasteiger partial charge in [-0.05, 0) is 144 Å². The van der Waals surface area contributed by atoms with Crippen molar-refractivity contribution in [1.29, 1.82) is 5.26 Å². The summed E-state index contributed by atoms with van der Waals surface area (Å²) in [6.07, 6.45) is -1.03. The van der Waals surface area contributed by atoms with Gasteiger partial charge in [-0.1, -0.05) is 18.5 Å². The first-order chi connectivity index (χ1) is 27.9. The maximum absolute atomic E-state index is 13.8. The van der Waals surface area contributed by atoms with Gasteiger partial charge in [0.1, 0.15) is 17.3 Å². The molecule has 0 saturated carbocycles. The molecular formula is C42H46Cl2F3N7O5S. The summed E-state index contributed by atoms with van der Waals surface area (Å²) in [6.45, 7) is 9.08. The van der Waals surface area contributed by atoms with Crippen molar-refractivity contribution < 1.29 is 37.1 Å². The number of nitrogens with one attached hydrogen (secondary N) is 3. The molecule has 4 amide bonds. The number of ether oxygens (including phenoxy) is 1. The van der Waals surface area contributed by atoms with Crippen LogP contribution in [0.3, 0.4) is 0 Å². The molecule has 60 heavy (non-hydrogen) atoms. The Hall–Kier alpha value is -4.95. The summed E-state index contributed by atoms with van der Waals surface area (Å²) in [5.41, 5.74) is -0.479. The molecule has 0 spiro atoms. The zero-order valence-corrected chi connectivity index (χ0v) is 35.8. The lowest BCUT2D eigenvalue weighted by molar-refractivity contribution is -0.138. The van der Waals surface area contributed by atoms with Gasteiger partial charge in [0.05, 0.1) is 35.5 Å². The second-order valence-corrected chi connectivity index (χ2v) is 16.3. The molecule has 3 aromatic rings. The average molecular weight is 889 g/mol. The molecule has 3 heterocycles. The van der Waals surface area contributed by atoms with Crippen LogP contribution < -0.4 is 30.5 Å². The molecule has 3 saturated heterocycles. The van der Waals surface area contributed by atoms with Gasteiger partial charge in [-0.25, -0.2) is 0 Å². The van der Waals surface area contributed by atoms with E-state index in [9.17, 15) is 37.6 Å². The number of nitrogens with zero attached hydrogens (tertiary/aromatic N) is 4. The van der Waals surface area contributed by atoms with Crippen LogP contribution in [0.15, 0.2) is 54.6 Å². The van der Waals surface area contributed by atoms with Crippen LogP contribution in [0.1, 0.15) is 76.5 Å². The van der Waals surface area contributed by atoms with Gasteiger partial charge in [-0.15, -0.1) is 12.4 Å². The first-order valence-corrected chi connectivity index (χ1v) is 20.2. The lowest BCUT2D eigenvalue weighted by atomic mass is 9.93. The number of carbonyl (C=O) groups is 4. The van der Waals surface area contributed by atoms with Crippen LogP contribution in [0, 0.1) is 17.2 Å². The quantitative estimate of drug-likeness (QED) is 0.121. The van der Waals surface area contributed by atoms with Gasteiger partial charge in [0.25, 0.3) is 5.91 Å². The summed E-state index contributed by atoms with van der Waals surface area (Å²) in [5, 5.41) is 18.0. The molecule has 2 atom stereocenters. The van der Waals surface area contributed by atoms with Crippen LogP contribution in [-0.4, -0.2) is 71.0 Å². The van der Waals surface area contributed by atoms with Crippen molar-refractivity contribution in [2.75, 3.05) is 40.1 Å². The van der Waals surface area contributed by atoms with Crippen LogP contribution in [0.5, 0.6) is 5.75 Å². The number of imide groups is 1. The highest BCUT2D eigenvalue weighted by Gasteiger charge is 2.51. The van der Waals surface area contributed by atoms with Crippen molar-refractivity contribution in [2.24, 2.45) is 5.92 Å². The second kappa shape index (κ2) is 18.8. The van der Waals surface area contributed by atoms with Crippen molar-refractivity contribution >= 4 is 87.7 Å². The lowest BCUT2D eigenvalue weighted by Crippen LogP contribution is -2.47. The van der Waals surface area contributed by atoms with E-state index in [1.165, 1.54) is 6.07 Å². The SMILES string of the molecule is CCc1cc(N2C(=S)N(c3ccc(C#N)c(C(F)(F)F)c3)C(=O)C2(C)C)ccc1OCCC1CCN(C(C)C(=O)Nc2cc(Cl)cc(NC3CCC(=O)NC3=O)c2)CC1.Cl. The molecule has 320 valence electrons. The fourth-order valence-corrected chi connectivity index (χ4v) is 8.49. The van der Waals surface area contributed by atoms with Gasteiger partial charge < -0.3 is 20.3 Å². The van der Waals surface area contributed by atoms with Crippen LogP contribution >= 0.6 is 36.2 Å². The van der Waals surface area contributed by atoms with Crippen molar-refractivity contribution in [1.82, 2.24) is 10.2 Å². The number of likely N-dealkylation sites (tertiary alicyclic amines) is 1. The molecule has 6 rings (SSSR count). The standard InChI is InChI=1S/C42H45ClF3N7O5S.ClH/c1-5-26-18-32(53-40(59)52(39(57)41(53,3)4)31-7-6-27(23-47)33(22-31)42(44,45)46)8-10-35(26)58-17-14-25-12-15-51(16-13-25)24(2)37(55)49-30-20-28(43)19-29(21-30)48-34-9-11-36(54)50-38(34)56;/h6-8,10,18-22,24-25,34,48H,5,9,11-17H2,1-4H3,(H,49,55)(H,50,54,56);1H. The first kappa shape index (κ1) is 46.1. The average Bonchev–Trinajstić information content (AvgIpc) is 3.36. The summed E-state index contributed by atoms with van der Waals surface area (Å²) in [5.74, 6) is -0.327. The number of amides is 4. The molecule has 0 radical (unpaired) electrons. The van der Waals surface area contributed by atoms with Gasteiger partial charge in [-0.2, -0.15) is 18.4 Å². The fourth-order valence-electron chi connectivity index (χ4n) is 7.74. The van der Waals surface area contributed by atoms with Crippen molar-refractivity contribution in [3.63, 3.8) is 0 Å². The molecule has 3 aromatic carbocycles.